The number of aromatic nitrogens is 3. The van der Waals surface area contributed by atoms with Gasteiger partial charge >= 0.3 is 0 Å². The standard InChI is InChI=1S/C24H30N6O2/c1-29-6-4-20(5-7-29)26-24(31)23-21-13-18(2-3-22(21)27-28-23)19-12-17(14-25-15-19)16-30-8-10-32-11-9-30/h2-3,12-15,20H,4-11,16H2,1H3,(H,26,31)(H,27,28). The third-order valence-corrected chi connectivity index (χ3v) is 6.47. The zero-order valence-electron chi connectivity index (χ0n) is 18.5. The molecule has 1 aromatic carbocycles. The predicted molar refractivity (Wildman–Crippen MR) is 123 cm³/mol. The number of morpholine rings is 1. The number of H-pyrrole nitrogens is 1. The maximum atomic E-state index is 13.0. The minimum atomic E-state index is -0.109. The number of aromatic amines is 1. The molecule has 0 saturated carbocycles. The fourth-order valence-corrected chi connectivity index (χ4v) is 4.52. The van der Waals surface area contributed by atoms with Crippen molar-refractivity contribution in [3.05, 3.63) is 47.9 Å². The van der Waals surface area contributed by atoms with Crippen LogP contribution < -0.4 is 5.32 Å². The predicted octanol–water partition coefficient (Wildman–Crippen LogP) is 2.28. The van der Waals surface area contributed by atoms with Gasteiger partial charge in [0, 0.05) is 49.0 Å². The Bertz CT molecular complexity index is 1080. The first-order valence-electron chi connectivity index (χ1n) is 11.4. The average molecular weight is 435 g/mol. The molecule has 0 radical (unpaired) electrons. The van der Waals surface area contributed by atoms with Crippen molar-refractivity contribution in [3.8, 4) is 11.1 Å². The minimum absolute atomic E-state index is 0.109. The zero-order valence-corrected chi connectivity index (χ0v) is 18.5. The summed E-state index contributed by atoms with van der Waals surface area (Å²) in [5.41, 5.74) is 4.57. The molecular formula is C24H30N6O2. The number of hydrogen-bond donors (Lipinski definition) is 2. The molecule has 4 heterocycles. The first kappa shape index (κ1) is 21.1. The van der Waals surface area contributed by atoms with Gasteiger partial charge in [0.1, 0.15) is 0 Å². The summed E-state index contributed by atoms with van der Waals surface area (Å²) in [6.07, 6.45) is 5.74. The molecule has 0 aliphatic carbocycles. The third-order valence-electron chi connectivity index (χ3n) is 6.47. The van der Waals surface area contributed by atoms with E-state index in [0.717, 1.165) is 80.8 Å². The normalized spacial score (nSPS) is 18.8. The topological polar surface area (TPSA) is 86.4 Å². The molecule has 2 aromatic heterocycles. The van der Waals surface area contributed by atoms with Gasteiger partial charge in [0.25, 0.3) is 5.91 Å². The Morgan fingerprint density at radius 2 is 1.94 bits per heavy atom. The van der Waals surface area contributed by atoms with Crippen LogP contribution in [0.5, 0.6) is 0 Å². The molecule has 1 amide bonds. The van der Waals surface area contributed by atoms with Crippen LogP contribution in [0, 0.1) is 0 Å². The molecule has 8 nitrogen and oxygen atoms in total. The lowest BCUT2D eigenvalue weighted by molar-refractivity contribution is 0.0341. The Morgan fingerprint density at radius 1 is 1.12 bits per heavy atom. The first-order chi connectivity index (χ1) is 15.7. The molecule has 3 aromatic rings. The van der Waals surface area contributed by atoms with E-state index < -0.39 is 0 Å². The molecule has 32 heavy (non-hydrogen) atoms. The smallest absolute Gasteiger partial charge is 0.272 e. The molecule has 2 fully saturated rings. The number of piperidine rings is 1. The van der Waals surface area contributed by atoms with Crippen molar-refractivity contribution in [2.75, 3.05) is 46.4 Å². The number of nitrogens with one attached hydrogen (secondary N) is 2. The molecule has 0 atom stereocenters. The number of pyridine rings is 1. The largest absolute Gasteiger partial charge is 0.379 e. The number of rotatable bonds is 5. The number of carbonyl (C=O) groups excluding carboxylic acids is 1. The van der Waals surface area contributed by atoms with E-state index in [1.54, 1.807) is 0 Å². The van der Waals surface area contributed by atoms with Gasteiger partial charge in [-0.25, -0.2) is 0 Å². The lowest BCUT2D eigenvalue weighted by Crippen LogP contribution is -2.43. The van der Waals surface area contributed by atoms with Gasteiger partial charge in [0.05, 0.1) is 18.7 Å². The lowest BCUT2D eigenvalue weighted by atomic mass is 10.0. The molecule has 2 saturated heterocycles. The maximum Gasteiger partial charge on any atom is 0.272 e. The van der Waals surface area contributed by atoms with Gasteiger partial charge in [-0.1, -0.05) is 6.07 Å². The molecule has 2 aliphatic heterocycles. The molecule has 168 valence electrons. The summed E-state index contributed by atoms with van der Waals surface area (Å²) in [5, 5.41) is 11.3. The molecule has 5 rings (SSSR count). The number of nitrogens with zero attached hydrogens (tertiary/aromatic N) is 4. The second-order valence-corrected chi connectivity index (χ2v) is 8.85. The van der Waals surface area contributed by atoms with E-state index >= 15 is 0 Å². The van der Waals surface area contributed by atoms with Crippen LogP contribution in [-0.2, 0) is 11.3 Å². The highest BCUT2D eigenvalue weighted by Crippen LogP contribution is 2.26. The fourth-order valence-electron chi connectivity index (χ4n) is 4.52. The number of fused-ring (bicyclic) bond motifs is 1. The van der Waals surface area contributed by atoms with Crippen LogP contribution in [0.2, 0.25) is 0 Å². The number of likely N-dealkylation sites (tertiary alicyclic amines) is 1. The highest BCUT2D eigenvalue weighted by molar-refractivity contribution is 6.05. The van der Waals surface area contributed by atoms with Gasteiger partial charge in [-0.2, -0.15) is 5.10 Å². The van der Waals surface area contributed by atoms with E-state index in [9.17, 15) is 4.79 Å². The average Bonchev–Trinajstić information content (AvgIpc) is 3.25. The van der Waals surface area contributed by atoms with E-state index in [-0.39, 0.29) is 11.9 Å². The molecule has 2 N–H and O–H groups in total. The van der Waals surface area contributed by atoms with E-state index in [1.165, 1.54) is 5.56 Å². The van der Waals surface area contributed by atoms with Crippen molar-refractivity contribution in [1.82, 2.24) is 30.3 Å². The van der Waals surface area contributed by atoms with E-state index in [2.05, 4.69) is 49.5 Å². The first-order valence-corrected chi connectivity index (χ1v) is 11.4. The summed E-state index contributed by atoms with van der Waals surface area (Å²) < 4.78 is 5.45. The number of hydrogen-bond acceptors (Lipinski definition) is 6. The Hall–Kier alpha value is -2.81. The lowest BCUT2D eigenvalue weighted by Gasteiger charge is -2.29. The van der Waals surface area contributed by atoms with E-state index in [4.69, 9.17) is 4.74 Å². The quantitative estimate of drug-likeness (QED) is 0.641. The number of benzene rings is 1. The molecule has 0 spiro atoms. The Kier molecular flexibility index (Phi) is 6.16. The summed E-state index contributed by atoms with van der Waals surface area (Å²) in [5.74, 6) is -0.109. The summed E-state index contributed by atoms with van der Waals surface area (Å²) in [4.78, 5) is 22.1. The van der Waals surface area contributed by atoms with E-state index in [0.29, 0.717) is 5.69 Å². The Balaban J connectivity index is 1.35. The second-order valence-electron chi connectivity index (χ2n) is 8.85. The fraction of sp³-hybridized carbons (Fsp3) is 0.458. The number of amides is 1. The van der Waals surface area contributed by atoms with Crippen LogP contribution in [0.1, 0.15) is 28.9 Å². The SMILES string of the molecule is CN1CCC(NC(=O)c2n[nH]c3ccc(-c4cncc(CN5CCOCC5)c4)cc23)CC1. The third kappa shape index (κ3) is 4.67. The van der Waals surface area contributed by atoms with Gasteiger partial charge < -0.3 is 15.0 Å². The molecular weight excluding hydrogens is 404 g/mol. The van der Waals surface area contributed by atoms with Crippen molar-refractivity contribution < 1.29 is 9.53 Å². The number of carbonyl (C=O) groups is 1. The highest BCUT2D eigenvalue weighted by Gasteiger charge is 2.22. The minimum Gasteiger partial charge on any atom is -0.379 e. The van der Waals surface area contributed by atoms with Crippen molar-refractivity contribution in [2.45, 2.75) is 25.4 Å². The maximum absolute atomic E-state index is 13.0. The number of ether oxygens (including phenoxy) is 1. The van der Waals surface area contributed by atoms with Gasteiger partial charge in [-0.05, 0) is 62.3 Å². The van der Waals surface area contributed by atoms with Gasteiger partial charge in [-0.3, -0.25) is 19.8 Å². The monoisotopic (exact) mass is 434 g/mol. The van der Waals surface area contributed by atoms with Gasteiger partial charge in [0.15, 0.2) is 5.69 Å². The van der Waals surface area contributed by atoms with Crippen molar-refractivity contribution >= 4 is 16.8 Å². The molecule has 8 heteroatoms. The summed E-state index contributed by atoms with van der Waals surface area (Å²) in [6.45, 7) is 6.33. The zero-order chi connectivity index (χ0) is 21.9. The van der Waals surface area contributed by atoms with Crippen LogP contribution in [0.15, 0.2) is 36.7 Å². The van der Waals surface area contributed by atoms with Gasteiger partial charge in [0.2, 0.25) is 0 Å². The van der Waals surface area contributed by atoms with Crippen molar-refractivity contribution in [3.63, 3.8) is 0 Å². The van der Waals surface area contributed by atoms with Crippen molar-refractivity contribution in [1.29, 1.82) is 0 Å². The molecule has 2 aliphatic rings. The van der Waals surface area contributed by atoms with E-state index in [1.807, 2.05) is 24.5 Å². The summed E-state index contributed by atoms with van der Waals surface area (Å²) in [7, 11) is 2.12. The summed E-state index contributed by atoms with van der Waals surface area (Å²) >= 11 is 0. The van der Waals surface area contributed by atoms with Crippen LogP contribution in [0.4, 0.5) is 0 Å². The second kappa shape index (κ2) is 9.36. The Morgan fingerprint density at radius 3 is 2.75 bits per heavy atom. The van der Waals surface area contributed by atoms with Crippen LogP contribution in [-0.4, -0.2) is 83.4 Å². The van der Waals surface area contributed by atoms with Crippen LogP contribution in [0.25, 0.3) is 22.0 Å². The van der Waals surface area contributed by atoms with Crippen molar-refractivity contribution in [2.24, 2.45) is 0 Å². The molecule has 0 unspecified atom stereocenters. The summed E-state index contributed by atoms with van der Waals surface area (Å²) in [6, 6.07) is 8.46. The van der Waals surface area contributed by atoms with Crippen LogP contribution in [0.3, 0.4) is 0 Å². The van der Waals surface area contributed by atoms with Gasteiger partial charge in [-0.15, -0.1) is 0 Å². The molecule has 0 bridgehead atoms. The Labute approximate surface area is 187 Å². The van der Waals surface area contributed by atoms with Crippen LogP contribution >= 0.6 is 0 Å². The highest BCUT2D eigenvalue weighted by atomic mass is 16.5.